The first kappa shape index (κ1) is 21.6. The van der Waals surface area contributed by atoms with Crippen molar-refractivity contribution in [2.45, 2.75) is 44.7 Å². The third-order valence-corrected chi connectivity index (χ3v) is 8.14. The van der Waals surface area contributed by atoms with Crippen LogP contribution < -0.4 is 10.5 Å². The minimum Gasteiger partial charge on any atom is -0.382 e. The van der Waals surface area contributed by atoms with Gasteiger partial charge in [0.15, 0.2) is 22.8 Å². The van der Waals surface area contributed by atoms with Crippen LogP contribution in [0.5, 0.6) is 0 Å². The molecule has 2 aromatic heterocycles. The van der Waals surface area contributed by atoms with Gasteiger partial charge in [0.2, 0.25) is 10.0 Å². The van der Waals surface area contributed by atoms with Crippen LogP contribution in [0.4, 0.5) is 10.2 Å². The van der Waals surface area contributed by atoms with Gasteiger partial charge in [-0.05, 0) is 65.1 Å². The maximum absolute atomic E-state index is 13.9. The fraction of sp³-hybridized carbons (Fsp3) is 0.400. The highest BCUT2D eigenvalue weighted by molar-refractivity contribution is 14.1. The molecule has 0 aliphatic heterocycles. The maximum Gasteiger partial charge on any atom is 0.312 e. The quantitative estimate of drug-likeness (QED) is 0.328. The summed E-state index contributed by atoms with van der Waals surface area (Å²) in [6.45, 7) is 0.0320. The summed E-state index contributed by atoms with van der Waals surface area (Å²) in [6, 6.07) is 3.87. The van der Waals surface area contributed by atoms with Crippen molar-refractivity contribution in [2.24, 2.45) is 0 Å². The summed E-state index contributed by atoms with van der Waals surface area (Å²) in [4.78, 5) is 24.1. The van der Waals surface area contributed by atoms with Crippen molar-refractivity contribution >= 4 is 55.4 Å². The molecule has 0 spiro atoms. The molecule has 2 aliphatic rings. The Morgan fingerprint density at radius 3 is 2.75 bits per heavy atom. The second-order valence-electron chi connectivity index (χ2n) is 8.14. The molecule has 0 unspecified atom stereocenters. The van der Waals surface area contributed by atoms with E-state index in [9.17, 15) is 17.6 Å². The fourth-order valence-corrected chi connectivity index (χ4v) is 5.96. The van der Waals surface area contributed by atoms with Gasteiger partial charge in [-0.15, -0.1) is 0 Å². The second kappa shape index (κ2) is 7.99. The third kappa shape index (κ3) is 4.22. The molecule has 12 heteroatoms. The van der Waals surface area contributed by atoms with E-state index in [1.165, 1.54) is 0 Å². The number of hydrogen-bond donors (Lipinski definition) is 2. The first-order valence-electron chi connectivity index (χ1n) is 10.2. The minimum absolute atomic E-state index is 0.0000509. The summed E-state index contributed by atoms with van der Waals surface area (Å²) in [6.07, 6.45) is 2.22. The summed E-state index contributed by atoms with van der Waals surface area (Å²) >= 11 is 2.22. The molecule has 0 saturated heterocycles. The van der Waals surface area contributed by atoms with Crippen LogP contribution in [-0.2, 0) is 29.4 Å². The lowest BCUT2D eigenvalue weighted by molar-refractivity contribution is 0.0994. The van der Waals surface area contributed by atoms with Gasteiger partial charge in [0, 0.05) is 34.6 Å². The molecule has 168 valence electrons. The Balaban J connectivity index is 1.53. The number of carbonyl (C=O) groups excluding carboxylic acids is 1. The van der Waals surface area contributed by atoms with Crippen molar-refractivity contribution in [3.8, 4) is 0 Å². The minimum atomic E-state index is -3.51. The molecule has 0 atom stereocenters. The number of aromatic nitrogens is 4. The molecule has 9 nitrogen and oxygen atoms in total. The number of hydrogen-bond acceptors (Lipinski definition) is 7. The Kier molecular flexibility index (Phi) is 5.40. The molecule has 0 amide bonds. The highest BCUT2D eigenvalue weighted by atomic mass is 127. The average molecular weight is 570 g/mol. The van der Waals surface area contributed by atoms with E-state index in [0.717, 1.165) is 34.0 Å². The number of fused-ring (bicyclic) bond motifs is 2. The van der Waals surface area contributed by atoms with Crippen LogP contribution in [0.2, 0.25) is 0 Å². The molecule has 1 saturated carbocycles. The van der Waals surface area contributed by atoms with E-state index in [0.29, 0.717) is 24.2 Å². The normalized spacial score (nSPS) is 16.1. The van der Waals surface area contributed by atoms with E-state index in [4.69, 9.17) is 5.73 Å². The van der Waals surface area contributed by atoms with Crippen LogP contribution >= 0.6 is 22.6 Å². The predicted molar refractivity (Wildman–Crippen MR) is 124 cm³/mol. The lowest BCUT2D eigenvalue weighted by Gasteiger charge is -2.12. The van der Waals surface area contributed by atoms with E-state index < -0.39 is 16.1 Å². The van der Waals surface area contributed by atoms with Crippen LogP contribution in [0.15, 0.2) is 12.1 Å². The predicted octanol–water partition coefficient (Wildman–Crippen LogP) is 1.95. The molecule has 2 aliphatic carbocycles. The molecule has 1 aromatic carbocycles. The zero-order chi connectivity index (χ0) is 22.6. The number of benzene rings is 1. The molecule has 32 heavy (non-hydrogen) atoms. The average Bonchev–Trinajstić information content (AvgIpc) is 3.35. The van der Waals surface area contributed by atoms with E-state index in [-0.39, 0.29) is 41.1 Å². The summed E-state index contributed by atoms with van der Waals surface area (Å²) in [7, 11) is -3.51. The van der Waals surface area contributed by atoms with Gasteiger partial charge >= 0.3 is 6.08 Å². The van der Waals surface area contributed by atoms with Crippen LogP contribution in [0.3, 0.4) is 0 Å². The molecular formula is C20H20FIN6O3S. The van der Waals surface area contributed by atoms with Crippen LogP contribution in [-0.4, -0.2) is 45.5 Å². The first-order valence-corrected chi connectivity index (χ1v) is 13.0. The van der Waals surface area contributed by atoms with E-state index in [1.54, 1.807) is 4.57 Å². The smallest absolute Gasteiger partial charge is 0.312 e. The number of Topliss-reactive ketones (excluding diaryl/α,β-unsaturated/α-hetero) is 1. The highest BCUT2D eigenvalue weighted by Crippen LogP contribution is 2.29. The molecule has 2 heterocycles. The number of halogens is 2. The van der Waals surface area contributed by atoms with Crippen LogP contribution in [0.1, 0.15) is 46.6 Å². The van der Waals surface area contributed by atoms with Gasteiger partial charge in [-0.25, -0.2) is 18.1 Å². The van der Waals surface area contributed by atoms with Gasteiger partial charge in [0.25, 0.3) is 0 Å². The van der Waals surface area contributed by atoms with Gasteiger partial charge in [0.1, 0.15) is 5.82 Å². The van der Waals surface area contributed by atoms with Crippen molar-refractivity contribution in [3.05, 3.63) is 44.3 Å². The number of anilines is 1. The van der Waals surface area contributed by atoms with E-state index >= 15 is 0 Å². The number of nitrogen functional groups attached to an aromatic ring is 1. The topological polar surface area (TPSA) is 133 Å². The third-order valence-electron chi connectivity index (χ3n) is 5.72. The number of nitrogens with two attached hydrogens (primary N) is 1. The Bertz CT molecular complexity index is 1370. The molecular weight excluding hydrogens is 550 g/mol. The van der Waals surface area contributed by atoms with Crippen molar-refractivity contribution in [1.82, 2.24) is 24.2 Å². The number of ketones is 1. The number of nitrogens with zero attached hydrogens (tertiary/aromatic N) is 4. The molecule has 3 N–H and O–H groups in total. The Labute approximate surface area is 197 Å². The number of rotatable bonds is 7. The van der Waals surface area contributed by atoms with Crippen LogP contribution in [0, 0.1) is 9.65 Å². The Morgan fingerprint density at radius 2 is 2.00 bits per heavy atom. The van der Waals surface area contributed by atoms with E-state index in [2.05, 4.69) is 42.3 Å². The van der Waals surface area contributed by atoms with E-state index in [1.807, 2.05) is 12.1 Å². The van der Waals surface area contributed by atoms with Gasteiger partial charge in [-0.3, -0.25) is 4.79 Å². The van der Waals surface area contributed by atoms with Gasteiger partial charge in [-0.1, -0.05) is 0 Å². The summed E-state index contributed by atoms with van der Waals surface area (Å²) in [5, 5.41) is 0. The molecule has 0 bridgehead atoms. The molecule has 1 fully saturated rings. The van der Waals surface area contributed by atoms with Crippen LogP contribution in [0.25, 0.3) is 11.2 Å². The second-order valence-corrected chi connectivity index (χ2v) is 11.2. The highest BCUT2D eigenvalue weighted by Gasteiger charge is 2.28. The van der Waals surface area contributed by atoms with Crippen molar-refractivity contribution in [1.29, 1.82) is 0 Å². The number of sulfonamides is 1. The maximum atomic E-state index is 13.9. The number of aryl methyl sites for hydroxylation is 2. The summed E-state index contributed by atoms with van der Waals surface area (Å²) < 4.78 is 43.9. The Morgan fingerprint density at radius 1 is 1.22 bits per heavy atom. The largest absolute Gasteiger partial charge is 0.382 e. The molecule has 3 aromatic rings. The SMILES string of the molecule is Nc1nc(F)nc2c1nc(Cc1cc3c(cc1I)CCC3=O)n2CCS(=O)(=O)NC1CC1. The van der Waals surface area contributed by atoms with Crippen molar-refractivity contribution in [3.63, 3.8) is 0 Å². The van der Waals surface area contributed by atoms with Crippen molar-refractivity contribution < 1.29 is 17.6 Å². The lowest BCUT2D eigenvalue weighted by Crippen LogP contribution is -2.30. The summed E-state index contributed by atoms with van der Waals surface area (Å²) in [5.74, 6) is 0.287. The molecule has 0 radical (unpaired) electrons. The van der Waals surface area contributed by atoms with Gasteiger partial charge in [0.05, 0.1) is 5.75 Å². The molecule has 5 rings (SSSR count). The standard InChI is InChI=1S/C20H20FIN6O3S/c21-20-25-18(23)17-19(26-20)28(5-6-32(30,31)27-12-2-3-12)16(24-17)9-11-7-13-10(8-14(11)22)1-4-15(13)29/h7-8,12,27H,1-6,9H2,(H2,23,25,26). The zero-order valence-corrected chi connectivity index (χ0v) is 19.9. The monoisotopic (exact) mass is 570 g/mol. The summed E-state index contributed by atoms with van der Waals surface area (Å²) in [5.41, 5.74) is 8.87. The van der Waals surface area contributed by atoms with Gasteiger partial charge in [-0.2, -0.15) is 14.4 Å². The first-order chi connectivity index (χ1) is 15.2. The van der Waals surface area contributed by atoms with Crippen molar-refractivity contribution in [2.75, 3.05) is 11.5 Å². The van der Waals surface area contributed by atoms with Gasteiger partial charge < -0.3 is 10.3 Å². The number of imidazole rings is 1. The zero-order valence-electron chi connectivity index (χ0n) is 16.9. The fourth-order valence-electron chi connectivity index (χ4n) is 3.95. The number of nitrogens with one attached hydrogen (secondary N) is 1. The number of carbonyl (C=O) groups is 1. The Hall–Kier alpha value is -2.19. The lowest BCUT2D eigenvalue weighted by atomic mass is 10.0.